The number of aromatic nitrogens is 1. The average molecular weight is 483 g/mol. The van der Waals surface area contributed by atoms with E-state index in [0.29, 0.717) is 19.6 Å². The molecule has 8 heteroatoms. The smallest absolute Gasteiger partial charge is 0.221 e. The highest BCUT2D eigenvalue weighted by atomic mass is 32.2. The van der Waals surface area contributed by atoms with Gasteiger partial charge in [-0.05, 0) is 66.7 Å². The number of primary amides is 1. The van der Waals surface area contributed by atoms with Gasteiger partial charge in [-0.1, -0.05) is 37.3 Å². The summed E-state index contributed by atoms with van der Waals surface area (Å²) in [6, 6.07) is 14.3. The van der Waals surface area contributed by atoms with Crippen molar-refractivity contribution in [3.05, 3.63) is 59.8 Å². The van der Waals surface area contributed by atoms with E-state index in [1.165, 1.54) is 5.56 Å². The number of rotatable bonds is 9. The van der Waals surface area contributed by atoms with Gasteiger partial charge in [0.15, 0.2) is 0 Å². The van der Waals surface area contributed by atoms with Gasteiger partial charge in [0.1, 0.15) is 0 Å². The minimum absolute atomic E-state index is 0.159. The zero-order chi connectivity index (χ0) is 24.3. The van der Waals surface area contributed by atoms with Crippen LogP contribution < -0.4 is 5.73 Å². The lowest BCUT2D eigenvalue weighted by Crippen LogP contribution is -2.41. The number of nitrogens with zero attached hydrogens (tertiary/aromatic N) is 2. The van der Waals surface area contributed by atoms with Crippen molar-refractivity contribution in [1.82, 2.24) is 14.2 Å². The number of carbonyl (C=O) groups excluding carboxylic acids is 1. The van der Waals surface area contributed by atoms with E-state index in [4.69, 9.17) is 5.73 Å². The third-order valence-corrected chi connectivity index (χ3v) is 8.78. The molecule has 2 aromatic carbocycles. The maximum atomic E-state index is 12.8. The van der Waals surface area contributed by atoms with Crippen LogP contribution in [0.5, 0.6) is 0 Å². The molecule has 2 heterocycles. The summed E-state index contributed by atoms with van der Waals surface area (Å²) in [5.74, 6) is 0.0484. The van der Waals surface area contributed by atoms with Crippen LogP contribution in [-0.4, -0.2) is 67.5 Å². The second-order valence-corrected chi connectivity index (χ2v) is 11.3. The molecule has 3 aromatic rings. The summed E-state index contributed by atoms with van der Waals surface area (Å²) in [5.41, 5.74) is 10.7. The van der Waals surface area contributed by atoms with Gasteiger partial charge in [-0.3, -0.25) is 4.79 Å². The Balaban J connectivity index is 1.59. The van der Waals surface area contributed by atoms with E-state index < -0.39 is 10.0 Å². The van der Waals surface area contributed by atoms with Gasteiger partial charge in [0.05, 0.1) is 12.2 Å². The summed E-state index contributed by atoms with van der Waals surface area (Å²) in [6.07, 6.45) is 3.74. The van der Waals surface area contributed by atoms with Gasteiger partial charge in [-0.2, -0.15) is 0 Å². The molecule has 0 saturated carbocycles. The third kappa shape index (κ3) is 5.35. The highest BCUT2D eigenvalue weighted by Gasteiger charge is 2.30. The summed E-state index contributed by atoms with van der Waals surface area (Å²) in [5, 5.41) is 1.09. The summed E-state index contributed by atoms with van der Waals surface area (Å²) in [4.78, 5) is 17.1. The number of piperidine rings is 1. The molecule has 0 spiro atoms. The average Bonchev–Trinajstić information content (AvgIpc) is 3.27. The number of nitrogens with two attached hydrogens (primary N) is 1. The molecule has 0 aliphatic carbocycles. The number of carbonyl (C=O) groups is 1. The second-order valence-electron chi connectivity index (χ2n) is 9.20. The molecule has 1 aliphatic rings. The van der Waals surface area contributed by atoms with Crippen LogP contribution in [-0.2, 0) is 21.2 Å². The summed E-state index contributed by atoms with van der Waals surface area (Å²) < 4.78 is 27.3. The van der Waals surface area contributed by atoms with Crippen molar-refractivity contribution in [3.63, 3.8) is 0 Å². The zero-order valence-corrected chi connectivity index (χ0v) is 20.8. The number of sulfonamides is 1. The fraction of sp³-hybridized carbons (Fsp3) is 0.423. The normalized spacial score (nSPS) is 15.9. The highest BCUT2D eigenvalue weighted by molar-refractivity contribution is 7.89. The topological polar surface area (TPSA) is 99.5 Å². The molecule has 34 heavy (non-hydrogen) atoms. The lowest BCUT2D eigenvalue weighted by atomic mass is 9.88. The van der Waals surface area contributed by atoms with Crippen LogP contribution >= 0.6 is 0 Å². The molecule has 0 atom stereocenters. The number of H-pyrrole nitrogens is 1. The van der Waals surface area contributed by atoms with Crippen LogP contribution in [0.15, 0.2) is 48.7 Å². The van der Waals surface area contributed by atoms with E-state index >= 15 is 0 Å². The number of hydrogen-bond acceptors (Lipinski definition) is 4. The molecule has 1 aromatic heterocycles. The SMILES string of the molecule is CCN(C)CCS(=O)(=O)N1CCC(c2c[nH]c3c(CC(N)=O)cc(-c4ccccc4)cc23)CC1. The van der Waals surface area contributed by atoms with Crippen molar-refractivity contribution in [2.75, 3.05) is 39.0 Å². The first-order chi connectivity index (χ1) is 16.3. The van der Waals surface area contributed by atoms with Crippen molar-refractivity contribution in [2.24, 2.45) is 5.73 Å². The summed E-state index contributed by atoms with van der Waals surface area (Å²) >= 11 is 0. The van der Waals surface area contributed by atoms with Crippen molar-refractivity contribution < 1.29 is 13.2 Å². The van der Waals surface area contributed by atoms with E-state index in [-0.39, 0.29) is 24.0 Å². The maximum Gasteiger partial charge on any atom is 0.221 e. The van der Waals surface area contributed by atoms with Gasteiger partial charge in [0.25, 0.3) is 0 Å². The summed E-state index contributed by atoms with van der Waals surface area (Å²) in [7, 11) is -1.31. The first-order valence-electron chi connectivity index (χ1n) is 11.9. The number of fused-ring (bicyclic) bond motifs is 1. The molecular formula is C26H34N4O3S. The van der Waals surface area contributed by atoms with E-state index in [9.17, 15) is 13.2 Å². The van der Waals surface area contributed by atoms with Crippen molar-refractivity contribution in [1.29, 1.82) is 0 Å². The molecule has 4 rings (SSSR count). The first-order valence-corrected chi connectivity index (χ1v) is 13.5. The van der Waals surface area contributed by atoms with Crippen LogP contribution in [0.2, 0.25) is 0 Å². The van der Waals surface area contributed by atoms with E-state index in [1.54, 1.807) is 4.31 Å². The lowest BCUT2D eigenvalue weighted by Gasteiger charge is -2.31. The summed E-state index contributed by atoms with van der Waals surface area (Å²) in [6.45, 7) is 4.47. The van der Waals surface area contributed by atoms with Gasteiger partial charge in [0.2, 0.25) is 15.9 Å². The molecule has 0 bridgehead atoms. The maximum absolute atomic E-state index is 12.8. The van der Waals surface area contributed by atoms with E-state index in [2.05, 4.69) is 23.2 Å². The molecule has 1 saturated heterocycles. The van der Waals surface area contributed by atoms with Gasteiger partial charge in [-0.15, -0.1) is 0 Å². The van der Waals surface area contributed by atoms with Crippen molar-refractivity contribution in [2.45, 2.75) is 32.1 Å². The van der Waals surface area contributed by atoms with Crippen LogP contribution in [0.25, 0.3) is 22.0 Å². The Hall–Kier alpha value is -2.68. The highest BCUT2D eigenvalue weighted by Crippen LogP contribution is 2.37. The van der Waals surface area contributed by atoms with Gasteiger partial charge in [0, 0.05) is 36.7 Å². The third-order valence-electron chi connectivity index (χ3n) is 6.93. The predicted molar refractivity (Wildman–Crippen MR) is 137 cm³/mol. The Morgan fingerprint density at radius 3 is 2.50 bits per heavy atom. The Morgan fingerprint density at radius 1 is 1.15 bits per heavy atom. The molecule has 0 radical (unpaired) electrons. The molecule has 0 unspecified atom stereocenters. The minimum atomic E-state index is -3.25. The Labute approximate surface area is 202 Å². The standard InChI is InChI=1S/C26H34N4O3S/c1-3-29(2)13-14-34(32,33)30-11-9-20(10-12-30)24-18-28-26-22(17-25(27)31)15-21(16-23(24)26)19-7-5-4-6-8-19/h4-8,15-16,18,20,28H,3,9-14,17H2,1-2H3,(H2,27,31). The number of nitrogens with one attached hydrogen (secondary N) is 1. The van der Waals surface area contributed by atoms with Crippen LogP contribution in [0.4, 0.5) is 0 Å². The fourth-order valence-electron chi connectivity index (χ4n) is 4.79. The van der Waals surface area contributed by atoms with Crippen molar-refractivity contribution >= 4 is 26.8 Å². The number of aromatic amines is 1. The lowest BCUT2D eigenvalue weighted by molar-refractivity contribution is -0.117. The largest absolute Gasteiger partial charge is 0.369 e. The molecule has 1 aliphatic heterocycles. The Morgan fingerprint density at radius 2 is 1.85 bits per heavy atom. The number of amides is 1. The molecule has 7 nitrogen and oxygen atoms in total. The predicted octanol–water partition coefficient (Wildman–Crippen LogP) is 3.32. The van der Waals surface area contributed by atoms with Crippen LogP contribution in [0, 0.1) is 0 Å². The molecule has 182 valence electrons. The Kier molecular flexibility index (Phi) is 7.40. The van der Waals surface area contributed by atoms with Crippen LogP contribution in [0.3, 0.4) is 0 Å². The van der Waals surface area contributed by atoms with E-state index in [1.807, 2.05) is 49.3 Å². The molecule has 1 fully saturated rings. The molecular weight excluding hydrogens is 448 g/mol. The van der Waals surface area contributed by atoms with E-state index in [0.717, 1.165) is 47.0 Å². The van der Waals surface area contributed by atoms with Crippen molar-refractivity contribution in [3.8, 4) is 11.1 Å². The van der Waals surface area contributed by atoms with Crippen LogP contribution in [0.1, 0.15) is 36.8 Å². The molecule has 3 N–H and O–H groups in total. The van der Waals surface area contributed by atoms with Gasteiger partial charge in [-0.25, -0.2) is 12.7 Å². The molecule has 1 amide bonds. The number of hydrogen-bond donors (Lipinski definition) is 2. The van der Waals surface area contributed by atoms with Gasteiger partial charge < -0.3 is 15.6 Å². The minimum Gasteiger partial charge on any atom is -0.369 e. The number of benzene rings is 2. The Bertz CT molecular complexity index is 1250. The zero-order valence-electron chi connectivity index (χ0n) is 20.0. The first kappa shape index (κ1) is 24.4. The second kappa shape index (κ2) is 10.3. The van der Waals surface area contributed by atoms with Gasteiger partial charge >= 0.3 is 0 Å². The monoisotopic (exact) mass is 482 g/mol. The fourth-order valence-corrected chi connectivity index (χ4v) is 6.36. The quantitative estimate of drug-likeness (QED) is 0.489.